The van der Waals surface area contributed by atoms with E-state index in [1.807, 2.05) is 18.2 Å². The third-order valence-electron chi connectivity index (χ3n) is 3.22. The van der Waals surface area contributed by atoms with Crippen LogP contribution in [-0.2, 0) is 4.57 Å². The van der Waals surface area contributed by atoms with Gasteiger partial charge in [0.05, 0.1) is 0 Å². The summed E-state index contributed by atoms with van der Waals surface area (Å²) in [6.07, 6.45) is 0. The van der Waals surface area contributed by atoms with Gasteiger partial charge in [-0.2, -0.15) is 0 Å². The average molecular weight is 361 g/mol. The SMILES string of the molecule is O=P(O)(Oc1ccccc1)Oc1ccc(-c2ccccc2Cl)cc1. The lowest BCUT2D eigenvalue weighted by Crippen LogP contribution is -1.99. The van der Waals surface area contributed by atoms with Gasteiger partial charge in [-0.05, 0) is 35.9 Å². The molecule has 0 heterocycles. The van der Waals surface area contributed by atoms with Gasteiger partial charge < -0.3 is 9.05 Å². The van der Waals surface area contributed by atoms with Crippen LogP contribution in [0, 0.1) is 0 Å². The maximum absolute atomic E-state index is 12.1. The van der Waals surface area contributed by atoms with Gasteiger partial charge in [0.1, 0.15) is 11.5 Å². The lowest BCUT2D eigenvalue weighted by Gasteiger charge is -2.14. The fraction of sp³-hybridized carbons (Fsp3) is 0. The van der Waals surface area contributed by atoms with Crippen LogP contribution in [0.25, 0.3) is 11.1 Å². The Balaban J connectivity index is 1.74. The largest absolute Gasteiger partial charge is 0.584 e. The minimum atomic E-state index is -4.26. The van der Waals surface area contributed by atoms with Crippen molar-refractivity contribution < 1.29 is 18.5 Å². The maximum atomic E-state index is 12.1. The minimum absolute atomic E-state index is 0.229. The van der Waals surface area contributed by atoms with Crippen molar-refractivity contribution >= 4 is 19.4 Å². The number of phosphoric ester groups is 1. The molecule has 3 aromatic rings. The molecule has 122 valence electrons. The van der Waals surface area contributed by atoms with Crippen molar-refractivity contribution in [3.05, 3.63) is 83.9 Å². The van der Waals surface area contributed by atoms with Crippen molar-refractivity contribution in [2.45, 2.75) is 0 Å². The van der Waals surface area contributed by atoms with Crippen LogP contribution in [0.5, 0.6) is 11.5 Å². The molecular formula is C18H14ClO4P. The van der Waals surface area contributed by atoms with Gasteiger partial charge in [-0.25, -0.2) is 4.57 Å². The van der Waals surface area contributed by atoms with Crippen LogP contribution < -0.4 is 9.05 Å². The molecule has 0 saturated carbocycles. The molecule has 1 unspecified atom stereocenters. The number of hydrogen-bond acceptors (Lipinski definition) is 3. The predicted molar refractivity (Wildman–Crippen MR) is 94.4 cm³/mol. The molecule has 24 heavy (non-hydrogen) atoms. The van der Waals surface area contributed by atoms with Crippen molar-refractivity contribution in [1.29, 1.82) is 0 Å². The van der Waals surface area contributed by atoms with E-state index >= 15 is 0 Å². The second-order valence-corrected chi connectivity index (χ2v) is 6.68. The molecule has 4 nitrogen and oxygen atoms in total. The molecule has 0 saturated heterocycles. The molecule has 0 amide bonds. The van der Waals surface area contributed by atoms with Crippen molar-refractivity contribution in [2.24, 2.45) is 0 Å². The highest BCUT2D eigenvalue weighted by Crippen LogP contribution is 2.44. The van der Waals surface area contributed by atoms with Gasteiger partial charge in [0.25, 0.3) is 0 Å². The summed E-state index contributed by atoms with van der Waals surface area (Å²) in [5, 5.41) is 0.631. The van der Waals surface area contributed by atoms with Crippen LogP contribution in [0.3, 0.4) is 0 Å². The zero-order chi connectivity index (χ0) is 17.0. The highest BCUT2D eigenvalue weighted by Gasteiger charge is 2.24. The molecule has 3 rings (SSSR count). The molecule has 0 fully saturated rings. The fourth-order valence-corrected chi connectivity index (χ4v) is 3.22. The first-order valence-corrected chi connectivity index (χ1v) is 9.03. The van der Waals surface area contributed by atoms with Crippen LogP contribution in [0.1, 0.15) is 0 Å². The average Bonchev–Trinajstić information content (AvgIpc) is 2.56. The molecule has 0 aliphatic heterocycles. The number of benzene rings is 3. The Morgan fingerprint density at radius 3 is 1.92 bits per heavy atom. The number of halogens is 1. The number of hydrogen-bond donors (Lipinski definition) is 1. The first kappa shape index (κ1) is 16.6. The summed E-state index contributed by atoms with van der Waals surface area (Å²) >= 11 is 6.16. The Labute approximate surface area is 144 Å². The molecule has 0 aliphatic rings. The molecule has 0 spiro atoms. The standard InChI is InChI=1S/C18H14ClO4P/c19-18-9-5-4-8-17(18)14-10-12-16(13-11-14)23-24(20,21)22-15-6-2-1-3-7-15/h1-13H,(H,20,21). The molecule has 3 aromatic carbocycles. The third kappa shape index (κ3) is 4.18. The molecular weight excluding hydrogens is 347 g/mol. The van der Waals surface area contributed by atoms with Crippen LogP contribution in [0.2, 0.25) is 5.02 Å². The fourth-order valence-electron chi connectivity index (χ4n) is 2.16. The molecule has 1 N–H and O–H groups in total. The molecule has 6 heteroatoms. The van der Waals surface area contributed by atoms with Gasteiger partial charge in [0, 0.05) is 10.6 Å². The monoisotopic (exact) mass is 360 g/mol. The zero-order valence-electron chi connectivity index (χ0n) is 12.5. The quantitative estimate of drug-likeness (QED) is 0.605. The number of phosphoric acid groups is 1. The molecule has 0 bridgehead atoms. The Hall–Kier alpha value is -2.26. The van der Waals surface area contributed by atoms with Crippen LogP contribution in [0.15, 0.2) is 78.9 Å². The Kier molecular flexibility index (Phi) is 4.91. The van der Waals surface area contributed by atoms with E-state index in [0.717, 1.165) is 11.1 Å². The van der Waals surface area contributed by atoms with E-state index in [4.69, 9.17) is 20.6 Å². The number of rotatable bonds is 5. The van der Waals surface area contributed by atoms with Gasteiger partial charge in [-0.1, -0.05) is 60.1 Å². The van der Waals surface area contributed by atoms with Crippen LogP contribution >= 0.6 is 19.4 Å². The Morgan fingerprint density at radius 1 is 0.750 bits per heavy atom. The van der Waals surface area contributed by atoms with Crippen molar-refractivity contribution in [1.82, 2.24) is 0 Å². The lowest BCUT2D eigenvalue weighted by molar-refractivity contribution is 0.291. The summed E-state index contributed by atoms with van der Waals surface area (Å²) in [5.41, 5.74) is 1.75. The van der Waals surface area contributed by atoms with E-state index in [-0.39, 0.29) is 11.5 Å². The third-order valence-corrected chi connectivity index (χ3v) is 4.44. The molecule has 0 radical (unpaired) electrons. The van der Waals surface area contributed by atoms with Crippen molar-refractivity contribution in [3.63, 3.8) is 0 Å². The second-order valence-electron chi connectivity index (χ2n) is 4.97. The highest BCUT2D eigenvalue weighted by atomic mass is 35.5. The summed E-state index contributed by atoms with van der Waals surface area (Å²) in [6.45, 7) is 0. The lowest BCUT2D eigenvalue weighted by atomic mass is 10.1. The van der Waals surface area contributed by atoms with E-state index in [1.54, 1.807) is 60.7 Å². The summed E-state index contributed by atoms with van der Waals surface area (Å²) in [5.74, 6) is 0.489. The summed E-state index contributed by atoms with van der Waals surface area (Å²) in [7, 11) is -4.26. The molecule has 0 aromatic heterocycles. The Bertz CT molecular complexity index is 866. The van der Waals surface area contributed by atoms with Crippen LogP contribution in [0.4, 0.5) is 0 Å². The Morgan fingerprint density at radius 2 is 1.29 bits per heavy atom. The summed E-state index contributed by atoms with van der Waals surface area (Å²) in [6, 6.07) is 22.5. The van der Waals surface area contributed by atoms with E-state index in [0.29, 0.717) is 5.02 Å². The number of para-hydroxylation sites is 1. The summed E-state index contributed by atoms with van der Waals surface area (Å²) in [4.78, 5) is 9.84. The van der Waals surface area contributed by atoms with Gasteiger partial charge in [0.2, 0.25) is 0 Å². The predicted octanol–water partition coefficient (Wildman–Crippen LogP) is 5.57. The van der Waals surface area contributed by atoms with E-state index in [2.05, 4.69) is 0 Å². The maximum Gasteiger partial charge on any atom is 0.584 e. The zero-order valence-corrected chi connectivity index (χ0v) is 14.2. The van der Waals surface area contributed by atoms with Crippen molar-refractivity contribution in [3.8, 4) is 22.6 Å². The summed E-state index contributed by atoms with van der Waals surface area (Å²) < 4.78 is 22.1. The van der Waals surface area contributed by atoms with Crippen molar-refractivity contribution in [2.75, 3.05) is 0 Å². The smallest absolute Gasteiger partial charge is 0.395 e. The topological polar surface area (TPSA) is 55.8 Å². The van der Waals surface area contributed by atoms with Gasteiger partial charge >= 0.3 is 7.82 Å². The normalized spacial score (nSPS) is 13.1. The van der Waals surface area contributed by atoms with Gasteiger partial charge in [-0.3, -0.25) is 4.89 Å². The van der Waals surface area contributed by atoms with E-state index in [9.17, 15) is 9.46 Å². The van der Waals surface area contributed by atoms with E-state index < -0.39 is 7.82 Å². The molecule has 0 aliphatic carbocycles. The molecule has 1 atom stereocenters. The van der Waals surface area contributed by atoms with Crippen LogP contribution in [-0.4, -0.2) is 4.89 Å². The minimum Gasteiger partial charge on any atom is -0.395 e. The highest BCUT2D eigenvalue weighted by molar-refractivity contribution is 7.48. The van der Waals surface area contributed by atoms with E-state index in [1.165, 1.54) is 0 Å². The van der Waals surface area contributed by atoms with Gasteiger partial charge in [0.15, 0.2) is 0 Å². The second kappa shape index (κ2) is 7.10. The first-order valence-electron chi connectivity index (χ1n) is 7.15. The van der Waals surface area contributed by atoms with Gasteiger partial charge in [-0.15, -0.1) is 0 Å². The first-order chi connectivity index (χ1) is 11.5.